The molecule has 0 saturated carbocycles. The Morgan fingerprint density at radius 2 is 2.21 bits per heavy atom. The molecule has 0 bridgehead atoms. The zero-order valence-corrected chi connectivity index (χ0v) is 11.9. The van der Waals surface area contributed by atoms with E-state index in [9.17, 15) is 14.7 Å². The maximum Gasteiger partial charge on any atom is 0.329 e. The second-order valence-corrected chi connectivity index (χ2v) is 5.15. The Bertz CT molecular complexity index is 320. The van der Waals surface area contributed by atoms with Crippen molar-refractivity contribution < 1.29 is 19.4 Å². The molecule has 0 aliphatic carbocycles. The second kappa shape index (κ2) is 7.45. The van der Waals surface area contributed by atoms with E-state index in [1.807, 2.05) is 0 Å². The van der Waals surface area contributed by atoms with Crippen molar-refractivity contribution in [2.75, 3.05) is 20.2 Å². The highest BCUT2D eigenvalue weighted by Crippen LogP contribution is 2.21. The highest BCUT2D eigenvalue weighted by atomic mass is 16.5. The molecule has 3 unspecified atom stereocenters. The van der Waals surface area contributed by atoms with Gasteiger partial charge in [0, 0.05) is 19.5 Å². The molecular weight excluding hydrogens is 248 g/mol. The van der Waals surface area contributed by atoms with Gasteiger partial charge in [0.05, 0.1) is 13.2 Å². The van der Waals surface area contributed by atoms with Gasteiger partial charge in [-0.25, -0.2) is 4.79 Å². The van der Waals surface area contributed by atoms with E-state index in [1.54, 1.807) is 6.92 Å². The first-order valence-corrected chi connectivity index (χ1v) is 6.71. The van der Waals surface area contributed by atoms with E-state index in [4.69, 9.17) is 4.74 Å². The molecule has 1 aliphatic rings. The number of esters is 1. The largest absolute Gasteiger partial charge is 0.467 e. The van der Waals surface area contributed by atoms with Crippen LogP contribution in [-0.4, -0.2) is 60.3 Å². The number of aliphatic hydroxyl groups is 1. The molecule has 2 N–H and O–H groups in total. The number of ether oxygens (including phenoxy) is 1. The molecule has 110 valence electrons. The predicted octanol–water partition coefficient (Wildman–Crippen LogP) is -0.101. The molecule has 1 aliphatic heterocycles. The van der Waals surface area contributed by atoms with Crippen LogP contribution in [0.15, 0.2) is 0 Å². The van der Waals surface area contributed by atoms with Crippen molar-refractivity contribution >= 4 is 11.9 Å². The summed E-state index contributed by atoms with van der Waals surface area (Å²) in [5.74, 6) is -0.681. The van der Waals surface area contributed by atoms with E-state index < -0.39 is 12.0 Å². The third-order valence-corrected chi connectivity index (χ3v) is 3.39. The van der Waals surface area contributed by atoms with Crippen LogP contribution in [0.4, 0.5) is 0 Å². The first-order valence-electron chi connectivity index (χ1n) is 6.71. The van der Waals surface area contributed by atoms with Gasteiger partial charge in [-0.1, -0.05) is 0 Å². The Morgan fingerprint density at radius 3 is 2.74 bits per heavy atom. The molecule has 3 atom stereocenters. The Kier molecular flexibility index (Phi) is 6.24. The number of aliphatic hydroxyl groups excluding tert-OH is 1. The maximum absolute atomic E-state index is 11.7. The molecule has 0 aromatic rings. The van der Waals surface area contributed by atoms with Crippen LogP contribution in [0.25, 0.3) is 0 Å². The van der Waals surface area contributed by atoms with Gasteiger partial charge in [0.1, 0.15) is 6.04 Å². The van der Waals surface area contributed by atoms with Gasteiger partial charge in [0.2, 0.25) is 5.91 Å². The van der Waals surface area contributed by atoms with Crippen LogP contribution in [0.1, 0.15) is 33.1 Å². The number of carbonyl (C=O) groups is 2. The molecule has 1 amide bonds. The van der Waals surface area contributed by atoms with Crippen LogP contribution in [0.2, 0.25) is 0 Å². The number of carbonyl (C=O) groups excluding carboxylic acids is 2. The summed E-state index contributed by atoms with van der Waals surface area (Å²) in [7, 11) is 1.31. The number of hydrogen-bond donors (Lipinski definition) is 2. The van der Waals surface area contributed by atoms with Crippen LogP contribution in [-0.2, 0) is 14.3 Å². The molecule has 1 rings (SSSR count). The third kappa shape index (κ3) is 5.16. The number of hydrogen-bond acceptors (Lipinski definition) is 5. The number of nitrogens with one attached hydrogen (secondary N) is 1. The molecule has 0 radical (unpaired) electrons. The number of nitrogens with zero attached hydrogens (tertiary/aromatic N) is 1. The van der Waals surface area contributed by atoms with Crippen LogP contribution in [0, 0.1) is 0 Å². The normalized spacial score (nSPS) is 22.8. The summed E-state index contributed by atoms with van der Waals surface area (Å²) >= 11 is 0. The number of amides is 1. The first-order chi connectivity index (χ1) is 8.93. The fraction of sp³-hybridized carbons (Fsp3) is 0.846. The van der Waals surface area contributed by atoms with Gasteiger partial charge in [-0.15, -0.1) is 0 Å². The highest BCUT2D eigenvalue weighted by molar-refractivity contribution is 5.83. The van der Waals surface area contributed by atoms with Gasteiger partial charge in [0.25, 0.3) is 0 Å². The van der Waals surface area contributed by atoms with Crippen molar-refractivity contribution in [1.82, 2.24) is 10.2 Å². The molecule has 1 heterocycles. The lowest BCUT2D eigenvalue weighted by Gasteiger charge is -2.28. The summed E-state index contributed by atoms with van der Waals surface area (Å²) in [5.41, 5.74) is 0. The molecule has 1 saturated heterocycles. The fourth-order valence-corrected chi connectivity index (χ4v) is 2.60. The highest BCUT2D eigenvalue weighted by Gasteiger charge is 2.30. The van der Waals surface area contributed by atoms with Crippen LogP contribution >= 0.6 is 0 Å². The summed E-state index contributed by atoms with van der Waals surface area (Å²) in [6, 6.07) is -0.377. The lowest BCUT2D eigenvalue weighted by Crippen LogP contribution is -2.49. The topological polar surface area (TPSA) is 78.9 Å². The predicted molar refractivity (Wildman–Crippen MR) is 70.5 cm³/mol. The zero-order valence-electron chi connectivity index (χ0n) is 11.9. The molecule has 0 spiro atoms. The summed E-state index contributed by atoms with van der Waals surface area (Å²) in [6.45, 7) is 4.46. The molecule has 6 nitrogen and oxygen atoms in total. The molecule has 19 heavy (non-hydrogen) atoms. The molecular formula is C13H24N2O4. The second-order valence-electron chi connectivity index (χ2n) is 5.15. The number of likely N-dealkylation sites (tertiary alicyclic amines) is 1. The Hall–Kier alpha value is -1.14. The first kappa shape index (κ1) is 15.9. The Labute approximate surface area is 114 Å². The maximum atomic E-state index is 11.7. The molecule has 0 aromatic carbocycles. The Balaban J connectivity index is 2.61. The van der Waals surface area contributed by atoms with Gasteiger partial charge in [-0.3, -0.25) is 9.69 Å². The molecule has 6 heteroatoms. The van der Waals surface area contributed by atoms with E-state index >= 15 is 0 Å². The summed E-state index contributed by atoms with van der Waals surface area (Å²) in [5, 5.41) is 12.1. The standard InChI is InChI=1S/C13H24N2O4/c1-9(16)7-11-5-4-6-15(11)8-12(13(18)19-3)14-10(2)17/h9,11-12,16H,4-8H2,1-3H3,(H,14,17). The molecule has 0 aromatic heterocycles. The van der Waals surface area contributed by atoms with E-state index in [0.29, 0.717) is 13.0 Å². The van der Waals surface area contributed by atoms with E-state index in [2.05, 4.69) is 10.2 Å². The lowest BCUT2D eigenvalue weighted by atomic mass is 10.1. The van der Waals surface area contributed by atoms with Crippen molar-refractivity contribution in [3.8, 4) is 0 Å². The minimum atomic E-state index is -0.642. The van der Waals surface area contributed by atoms with Gasteiger partial charge in [0.15, 0.2) is 0 Å². The summed E-state index contributed by atoms with van der Waals surface area (Å²) < 4.78 is 4.71. The van der Waals surface area contributed by atoms with Gasteiger partial charge >= 0.3 is 5.97 Å². The third-order valence-electron chi connectivity index (χ3n) is 3.39. The minimum Gasteiger partial charge on any atom is -0.467 e. The summed E-state index contributed by atoms with van der Waals surface area (Å²) in [6.07, 6.45) is 2.39. The Morgan fingerprint density at radius 1 is 1.53 bits per heavy atom. The van der Waals surface area contributed by atoms with Gasteiger partial charge in [-0.05, 0) is 32.7 Å². The van der Waals surface area contributed by atoms with E-state index in [-0.39, 0.29) is 18.1 Å². The number of methoxy groups -OCH3 is 1. The van der Waals surface area contributed by atoms with Gasteiger partial charge in [-0.2, -0.15) is 0 Å². The van der Waals surface area contributed by atoms with Crippen molar-refractivity contribution in [2.45, 2.75) is 51.3 Å². The molecule has 1 fully saturated rings. The average Bonchev–Trinajstić information content (AvgIpc) is 2.73. The lowest BCUT2D eigenvalue weighted by molar-refractivity contribution is -0.145. The minimum absolute atomic E-state index is 0.248. The van der Waals surface area contributed by atoms with Gasteiger partial charge < -0.3 is 15.2 Å². The smallest absolute Gasteiger partial charge is 0.329 e. The summed E-state index contributed by atoms with van der Waals surface area (Å²) in [4.78, 5) is 24.9. The number of rotatable bonds is 6. The average molecular weight is 272 g/mol. The van der Waals surface area contributed by atoms with Crippen LogP contribution in [0.3, 0.4) is 0 Å². The van der Waals surface area contributed by atoms with Crippen molar-refractivity contribution in [3.63, 3.8) is 0 Å². The van der Waals surface area contributed by atoms with Crippen LogP contribution in [0.5, 0.6) is 0 Å². The zero-order chi connectivity index (χ0) is 14.4. The van der Waals surface area contributed by atoms with E-state index in [0.717, 1.165) is 19.4 Å². The quantitative estimate of drug-likeness (QED) is 0.660. The monoisotopic (exact) mass is 272 g/mol. The van der Waals surface area contributed by atoms with Crippen molar-refractivity contribution in [2.24, 2.45) is 0 Å². The van der Waals surface area contributed by atoms with Crippen molar-refractivity contribution in [1.29, 1.82) is 0 Å². The van der Waals surface area contributed by atoms with E-state index in [1.165, 1.54) is 14.0 Å². The SMILES string of the molecule is COC(=O)C(CN1CCCC1CC(C)O)NC(C)=O. The van der Waals surface area contributed by atoms with Crippen LogP contribution < -0.4 is 5.32 Å². The fourth-order valence-electron chi connectivity index (χ4n) is 2.60. The van der Waals surface area contributed by atoms with Crippen molar-refractivity contribution in [3.05, 3.63) is 0 Å².